The fourth-order valence-corrected chi connectivity index (χ4v) is 2.05. The standard InChI is InChI=1S/C11H22O5S.Na/c1-2-16-11(12)9-7-5-3-4-6-8-10-17(13,14)15;/h2-10H2,1H3,(H,13,14,15);/q;+1/p-1. The van der Waals surface area contributed by atoms with Crippen LogP contribution in [0, 0.1) is 0 Å². The fourth-order valence-electron chi connectivity index (χ4n) is 1.49. The van der Waals surface area contributed by atoms with E-state index in [4.69, 9.17) is 4.74 Å². The van der Waals surface area contributed by atoms with Gasteiger partial charge in [0.2, 0.25) is 0 Å². The van der Waals surface area contributed by atoms with E-state index < -0.39 is 10.1 Å². The van der Waals surface area contributed by atoms with Gasteiger partial charge in [-0.05, 0) is 19.8 Å². The Morgan fingerprint density at radius 3 is 2.06 bits per heavy atom. The SMILES string of the molecule is CCOC(=O)CCCCCCCCS(=O)(=O)[O-].[Na+]. The second-order valence-electron chi connectivity index (χ2n) is 3.94. The Kier molecular flexibility index (Phi) is 14.3. The van der Waals surface area contributed by atoms with Crippen molar-refractivity contribution in [2.75, 3.05) is 12.4 Å². The Labute approximate surface area is 132 Å². The van der Waals surface area contributed by atoms with Crippen LogP contribution in [-0.4, -0.2) is 31.3 Å². The summed E-state index contributed by atoms with van der Waals surface area (Å²) in [5.41, 5.74) is 0. The van der Waals surface area contributed by atoms with Gasteiger partial charge in [0.05, 0.1) is 16.7 Å². The van der Waals surface area contributed by atoms with Crippen LogP contribution in [0.5, 0.6) is 0 Å². The molecule has 0 radical (unpaired) electrons. The zero-order valence-electron chi connectivity index (χ0n) is 11.3. The zero-order chi connectivity index (χ0) is 13.1. The van der Waals surface area contributed by atoms with E-state index in [-0.39, 0.29) is 41.3 Å². The van der Waals surface area contributed by atoms with Crippen molar-refractivity contribution in [1.82, 2.24) is 0 Å². The van der Waals surface area contributed by atoms with Crippen LogP contribution in [0.4, 0.5) is 0 Å². The van der Waals surface area contributed by atoms with E-state index in [2.05, 4.69) is 0 Å². The van der Waals surface area contributed by atoms with E-state index in [1.807, 2.05) is 0 Å². The fraction of sp³-hybridized carbons (Fsp3) is 0.909. The molecule has 0 heterocycles. The van der Waals surface area contributed by atoms with Crippen molar-refractivity contribution >= 4 is 16.1 Å². The monoisotopic (exact) mass is 288 g/mol. The molecule has 0 N–H and O–H groups in total. The second-order valence-corrected chi connectivity index (χ2v) is 5.46. The van der Waals surface area contributed by atoms with Gasteiger partial charge in [0.15, 0.2) is 0 Å². The Hall–Kier alpha value is 0.380. The number of hydrogen-bond donors (Lipinski definition) is 0. The first-order chi connectivity index (χ1) is 7.95. The molecule has 0 spiro atoms. The van der Waals surface area contributed by atoms with Gasteiger partial charge in [-0.15, -0.1) is 0 Å². The van der Waals surface area contributed by atoms with Gasteiger partial charge in [-0.3, -0.25) is 4.79 Å². The summed E-state index contributed by atoms with van der Waals surface area (Å²) in [6.07, 6.45) is 5.23. The Balaban J connectivity index is 0. The molecule has 0 aromatic carbocycles. The largest absolute Gasteiger partial charge is 1.00 e. The Morgan fingerprint density at radius 2 is 1.56 bits per heavy atom. The van der Waals surface area contributed by atoms with Crippen LogP contribution < -0.4 is 29.6 Å². The normalized spacial score (nSPS) is 10.8. The third-order valence-corrected chi connectivity index (χ3v) is 3.12. The average molecular weight is 288 g/mol. The molecule has 0 aliphatic rings. The summed E-state index contributed by atoms with van der Waals surface area (Å²) >= 11 is 0. The van der Waals surface area contributed by atoms with E-state index in [1.165, 1.54) is 0 Å². The summed E-state index contributed by atoms with van der Waals surface area (Å²) < 4.78 is 35.7. The minimum absolute atomic E-state index is 0. The molecule has 18 heavy (non-hydrogen) atoms. The molecule has 0 atom stereocenters. The molecule has 5 nitrogen and oxygen atoms in total. The van der Waals surface area contributed by atoms with Crippen molar-refractivity contribution in [2.24, 2.45) is 0 Å². The molecule has 0 bridgehead atoms. The maximum Gasteiger partial charge on any atom is 1.00 e. The van der Waals surface area contributed by atoms with Gasteiger partial charge in [0.1, 0.15) is 0 Å². The number of rotatable bonds is 10. The van der Waals surface area contributed by atoms with Gasteiger partial charge in [0.25, 0.3) is 0 Å². The molecule has 7 heteroatoms. The van der Waals surface area contributed by atoms with E-state index in [0.29, 0.717) is 19.4 Å². The minimum atomic E-state index is -4.05. The summed E-state index contributed by atoms with van der Waals surface area (Å²) in [6, 6.07) is 0. The number of carbonyl (C=O) groups is 1. The molecule has 0 saturated carbocycles. The number of hydrogen-bond acceptors (Lipinski definition) is 5. The van der Waals surface area contributed by atoms with Crippen LogP contribution in [0.15, 0.2) is 0 Å². The molecule has 0 aliphatic carbocycles. The molecule has 0 fully saturated rings. The quantitative estimate of drug-likeness (QED) is 0.219. The summed E-state index contributed by atoms with van der Waals surface area (Å²) in [4.78, 5) is 11.0. The molecule has 0 rings (SSSR count). The van der Waals surface area contributed by atoms with Crippen LogP contribution in [-0.2, 0) is 19.6 Å². The maximum absolute atomic E-state index is 11.0. The summed E-state index contributed by atoms with van der Waals surface area (Å²) in [5, 5.41) is 0. The predicted octanol–water partition coefficient (Wildman–Crippen LogP) is -1.17. The van der Waals surface area contributed by atoms with Crippen molar-refractivity contribution in [3.8, 4) is 0 Å². The van der Waals surface area contributed by atoms with E-state index in [0.717, 1.165) is 32.1 Å². The van der Waals surface area contributed by atoms with Gasteiger partial charge in [-0.2, -0.15) is 0 Å². The first kappa shape index (κ1) is 20.7. The molecule has 102 valence electrons. The van der Waals surface area contributed by atoms with Crippen LogP contribution in [0.25, 0.3) is 0 Å². The van der Waals surface area contributed by atoms with Gasteiger partial charge < -0.3 is 9.29 Å². The van der Waals surface area contributed by atoms with Crippen molar-refractivity contribution in [3.05, 3.63) is 0 Å². The predicted molar refractivity (Wildman–Crippen MR) is 63.5 cm³/mol. The van der Waals surface area contributed by atoms with Crippen LogP contribution >= 0.6 is 0 Å². The van der Waals surface area contributed by atoms with Crippen molar-refractivity contribution in [3.63, 3.8) is 0 Å². The molecule has 0 aromatic heterocycles. The third-order valence-electron chi connectivity index (χ3n) is 2.33. The first-order valence-electron chi connectivity index (χ1n) is 6.05. The Bertz CT molecular complexity index is 303. The molecule has 0 aromatic rings. The topological polar surface area (TPSA) is 83.5 Å². The molecule has 0 amide bonds. The molecular weight excluding hydrogens is 267 g/mol. The third kappa shape index (κ3) is 16.4. The summed E-state index contributed by atoms with van der Waals surface area (Å²) in [5.74, 6) is -0.430. The van der Waals surface area contributed by atoms with Crippen molar-refractivity contribution in [2.45, 2.75) is 51.9 Å². The summed E-state index contributed by atoms with van der Waals surface area (Å²) in [6.45, 7) is 2.20. The van der Waals surface area contributed by atoms with E-state index in [9.17, 15) is 17.8 Å². The average Bonchev–Trinajstić information content (AvgIpc) is 2.21. The Morgan fingerprint density at radius 1 is 1.06 bits per heavy atom. The number of unbranched alkanes of at least 4 members (excludes halogenated alkanes) is 5. The van der Waals surface area contributed by atoms with Gasteiger partial charge in [-0.1, -0.05) is 25.7 Å². The minimum Gasteiger partial charge on any atom is -0.748 e. The smallest absolute Gasteiger partial charge is 0.748 e. The molecule has 0 saturated heterocycles. The van der Waals surface area contributed by atoms with E-state index in [1.54, 1.807) is 6.92 Å². The zero-order valence-corrected chi connectivity index (χ0v) is 14.1. The van der Waals surface area contributed by atoms with E-state index >= 15 is 0 Å². The van der Waals surface area contributed by atoms with Crippen LogP contribution in [0.2, 0.25) is 0 Å². The summed E-state index contributed by atoms with van der Waals surface area (Å²) in [7, 11) is -4.05. The molecule has 0 unspecified atom stereocenters. The number of carbonyl (C=O) groups excluding carboxylic acids is 1. The van der Waals surface area contributed by atoms with Crippen molar-refractivity contribution in [1.29, 1.82) is 0 Å². The van der Waals surface area contributed by atoms with Crippen LogP contribution in [0.1, 0.15) is 51.9 Å². The molecular formula is C11H21NaO5S. The van der Waals surface area contributed by atoms with Gasteiger partial charge >= 0.3 is 35.5 Å². The second kappa shape index (κ2) is 12.4. The van der Waals surface area contributed by atoms with Crippen LogP contribution in [0.3, 0.4) is 0 Å². The van der Waals surface area contributed by atoms with Gasteiger partial charge in [-0.25, -0.2) is 8.42 Å². The first-order valence-corrected chi connectivity index (χ1v) is 7.62. The maximum atomic E-state index is 11.0. The van der Waals surface area contributed by atoms with Crippen molar-refractivity contribution < 1.29 is 52.1 Å². The number of ether oxygens (including phenoxy) is 1. The number of esters is 1. The van der Waals surface area contributed by atoms with Gasteiger partial charge in [0, 0.05) is 12.2 Å². The molecule has 0 aliphatic heterocycles.